The van der Waals surface area contributed by atoms with Gasteiger partial charge < -0.3 is 15.3 Å². The van der Waals surface area contributed by atoms with Gasteiger partial charge in [-0.15, -0.1) is 0 Å². The second-order valence-corrected chi connectivity index (χ2v) is 4.81. The van der Waals surface area contributed by atoms with E-state index in [0.29, 0.717) is 5.56 Å². The molecule has 0 amide bonds. The molecule has 1 aromatic carbocycles. The molecule has 0 saturated carbocycles. The van der Waals surface area contributed by atoms with Crippen LogP contribution in [0.1, 0.15) is 23.7 Å². The van der Waals surface area contributed by atoms with Crippen molar-refractivity contribution in [3.05, 3.63) is 29.8 Å². The van der Waals surface area contributed by atoms with Crippen LogP contribution in [0.15, 0.2) is 24.3 Å². The predicted molar refractivity (Wildman–Crippen MR) is 72.7 cm³/mol. The van der Waals surface area contributed by atoms with E-state index in [-0.39, 0.29) is 18.4 Å². The van der Waals surface area contributed by atoms with Crippen LogP contribution < -0.4 is 10.2 Å². The van der Waals surface area contributed by atoms with Crippen LogP contribution in [-0.4, -0.2) is 42.5 Å². The molecule has 1 heterocycles. The van der Waals surface area contributed by atoms with Crippen LogP contribution in [-0.2, 0) is 4.79 Å². The number of carbonyl (C=O) groups is 2. The van der Waals surface area contributed by atoms with Crippen molar-refractivity contribution >= 4 is 17.4 Å². The molecular formula is C14H18N2O3. The minimum absolute atomic E-state index is 0.00177. The van der Waals surface area contributed by atoms with Gasteiger partial charge in [0.25, 0.3) is 0 Å². The summed E-state index contributed by atoms with van der Waals surface area (Å²) in [6.07, 6.45) is 0.932. The van der Waals surface area contributed by atoms with Crippen molar-refractivity contribution in [2.24, 2.45) is 0 Å². The summed E-state index contributed by atoms with van der Waals surface area (Å²) in [6.45, 7) is 3.25. The monoisotopic (exact) mass is 262 g/mol. The first-order valence-corrected chi connectivity index (χ1v) is 6.37. The van der Waals surface area contributed by atoms with Crippen molar-refractivity contribution in [3.8, 4) is 0 Å². The van der Waals surface area contributed by atoms with Gasteiger partial charge in [0.1, 0.15) is 0 Å². The molecule has 0 aliphatic carbocycles. The van der Waals surface area contributed by atoms with Gasteiger partial charge in [-0.3, -0.25) is 9.59 Å². The first-order chi connectivity index (χ1) is 9.06. The molecule has 1 fully saturated rings. The molecule has 19 heavy (non-hydrogen) atoms. The van der Waals surface area contributed by atoms with Crippen molar-refractivity contribution in [1.29, 1.82) is 0 Å². The van der Waals surface area contributed by atoms with Crippen LogP contribution in [0.3, 0.4) is 0 Å². The number of hydrogen-bond acceptors (Lipinski definition) is 4. The molecule has 1 atom stereocenters. The third-order valence-electron chi connectivity index (χ3n) is 3.37. The maximum Gasteiger partial charge on any atom is 0.317 e. The van der Waals surface area contributed by atoms with Crippen LogP contribution in [0.5, 0.6) is 0 Å². The van der Waals surface area contributed by atoms with Crippen LogP contribution >= 0.6 is 0 Å². The largest absolute Gasteiger partial charge is 0.480 e. The lowest BCUT2D eigenvalue weighted by atomic mass is 10.1. The molecule has 102 valence electrons. The fourth-order valence-electron chi connectivity index (χ4n) is 2.30. The Kier molecular flexibility index (Phi) is 4.16. The third-order valence-corrected chi connectivity index (χ3v) is 3.37. The van der Waals surface area contributed by atoms with E-state index in [2.05, 4.69) is 10.2 Å². The standard InChI is InChI=1S/C14H18N2O3/c1-10(17)11-2-4-13(5-3-11)16-7-6-12(9-16)15-8-14(18)19/h2-5,12,15H,6-9H2,1H3,(H,18,19). The van der Waals surface area contributed by atoms with E-state index in [1.54, 1.807) is 6.92 Å². The highest BCUT2D eigenvalue weighted by Gasteiger charge is 2.22. The molecule has 2 N–H and O–H groups in total. The van der Waals surface area contributed by atoms with E-state index < -0.39 is 5.97 Å². The number of nitrogens with one attached hydrogen (secondary N) is 1. The Bertz CT molecular complexity index is 470. The van der Waals surface area contributed by atoms with Crippen molar-refractivity contribution < 1.29 is 14.7 Å². The van der Waals surface area contributed by atoms with Gasteiger partial charge in [-0.05, 0) is 37.6 Å². The number of carbonyl (C=O) groups excluding carboxylic acids is 1. The Morgan fingerprint density at radius 3 is 2.63 bits per heavy atom. The number of Topliss-reactive ketones (excluding diaryl/α,β-unsaturated/α-hetero) is 1. The van der Waals surface area contributed by atoms with Gasteiger partial charge in [-0.25, -0.2) is 0 Å². The molecule has 0 bridgehead atoms. The Morgan fingerprint density at radius 1 is 1.37 bits per heavy atom. The second kappa shape index (κ2) is 5.84. The van der Waals surface area contributed by atoms with Gasteiger partial charge in [0, 0.05) is 30.4 Å². The normalized spacial score (nSPS) is 18.6. The third kappa shape index (κ3) is 3.54. The molecule has 1 saturated heterocycles. The number of rotatable bonds is 5. The zero-order chi connectivity index (χ0) is 13.8. The van der Waals surface area contributed by atoms with Gasteiger partial charge in [-0.1, -0.05) is 0 Å². The molecule has 1 aromatic rings. The van der Waals surface area contributed by atoms with E-state index in [9.17, 15) is 9.59 Å². The number of aliphatic carboxylic acids is 1. The number of benzene rings is 1. The SMILES string of the molecule is CC(=O)c1ccc(N2CCC(NCC(=O)O)C2)cc1. The van der Waals surface area contributed by atoms with Crippen LogP contribution in [0, 0.1) is 0 Å². The first kappa shape index (κ1) is 13.5. The molecule has 5 heteroatoms. The Morgan fingerprint density at radius 2 is 2.05 bits per heavy atom. The number of hydrogen-bond donors (Lipinski definition) is 2. The molecule has 1 aliphatic rings. The zero-order valence-corrected chi connectivity index (χ0v) is 10.9. The quantitative estimate of drug-likeness (QED) is 0.779. The van der Waals surface area contributed by atoms with Gasteiger partial charge >= 0.3 is 5.97 Å². The summed E-state index contributed by atoms with van der Waals surface area (Å²) in [6, 6.07) is 7.75. The lowest BCUT2D eigenvalue weighted by Crippen LogP contribution is -2.35. The molecule has 0 spiro atoms. The van der Waals surface area contributed by atoms with Crippen molar-refractivity contribution in [1.82, 2.24) is 5.32 Å². The summed E-state index contributed by atoms with van der Waals surface area (Å²) >= 11 is 0. The van der Waals surface area contributed by atoms with Gasteiger partial charge in [0.05, 0.1) is 6.54 Å². The topological polar surface area (TPSA) is 69.6 Å². The number of anilines is 1. The van der Waals surface area contributed by atoms with Gasteiger partial charge in [0.2, 0.25) is 0 Å². The smallest absolute Gasteiger partial charge is 0.317 e. The Hall–Kier alpha value is -1.88. The Balaban J connectivity index is 1.93. The van der Waals surface area contributed by atoms with E-state index in [1.807, 2.05) is 24.3 Å². The number of nitrogens with zero attached hydrogens (tertiary/aromatic N) is 1. The molecule has 1 unspecified atom stereocenters. The van der Waals surface area contributed by atoms with Crippen molar-refractivity contribution in [2.75, 3.05) is 24.5 Å². The predicted octanol–water partition coefficient (Wildman–Crippen LogP) is 1.14. The molecule has 0 aromatic heterocycles. The fraction of sp³-hybridized carbons (Fsp3) is 0.429. The van der Waals surface area contributed by atoms with E-state index >= 15 is 0 Å². The average molecular weight is 262 g/mol. The molecule has 0 radical (unpaired) electrons. The summed E-state index contributed by atoms with van der Waals surface area (Å²) in [5.41, 5.74) is 1.79. The highest BCUT2D eigenvalue weighted by molar-refractivity contribution is 5.94. The number of carboxylic acids is 1. The van der Waals surface area contributed by atoms with Crippen molar-refractivity contribution in [3.63, 3.8) is 0 Å². The number of carboxylic acid groups (broad SMARTS) is 1. The minimum atomic E-state index is -0.829. The molecule has 5 nitrogen and oxygen atoms in total. The van der Waals surface area contributed by atoms with Crippen LogP contribution in [0.4, 0.5) is 5.69 Å². The van der Waals surface area contributed by atoms with Gasteiger partial charge in [-0.2, -0.15) is 0 Å². The average Bonchev–Trinajstić information content (AvgIpc) is 2.85. The van der Waals surface area contributed by atoms with E-state index in [1.165, 1.54) is 0 Å². The zero-order valence-electron chi connectivity index (χ0n) is 10.9. The lowest BCUT2D eigenvalue weighted by Gasteiger charge is -2.19. The summed E-state index contributed by atoms with van der Waals surface area (Å²) in [5.74, 6) is -0.766. The second-order valence-electron chi connectivity index (χ2n) is 4.81. The van der Waals surface area contributed by atoms with Crippen LogP contribution in [0.2, 0.25) is 0 Å². The fourth-order valence-corrected chi connectivity index (χ4v) is 2.30. The number of ketones is 1. The lowest BCUT2D eigenvalue weighted by molar-refractivity contribution is -0.136. The first-order valence-electron chi connectivity index (χ1n) is 6.37. The van der Waals surface area contributed by atoms with E-state index in [0.717, 1.165) is 25.2 Å². The molecule has 1 aliphatic heterocycles. The van der Waals surface area contributed by atoms with Crippen molar-refractivity contribution in [2.45, 2.75) is 19.4 Å². The maximum atomic E-state index is 11.2. The summed E-state index contributed by atoms with van der Waals surface area (Å²) in [4.78, 5) is 23.9. The van der Waals surface area contributed by atoms with Gasteiger partial charge in [0.15, 0.2) is 5.78 Å². The minimum Gasteiger partial charge on any atom is -0.480 e. The maximum absolute atomic E-state index is 11.2. The van der Waals surface area contributed by atoms with E-state index in [4.69, 9.17) is 5.11 Å². The highest BCUT2D eigenvalue weighted by atomic mass is 16.4. The summed E-state index contributed by atoms with van der Waals surface area (Å²) in [5, 5.41) is 11.6. The Labute approximate surface area is 112 Å². The highest BCUT2D eigenvalue weighted by Crippen LogP contribution is 2.21. The molecular weight excluding hydrogens is 244 g/mol. The van der Waals surface area contributed by atoms with Crippen LogP contribution in [0.25, 0.3) is 0 Å². The summed E-state index contributed by atoms with van der Waals surface area (Å²) in [7, 11) is 0. The summed E-state index contributed by atoms with van der Waals surface area (Å²) < 4.78 is 0. The molecule has 2 rings (SSSR count).